The van der Waals surface area contributed by atoms with Crippen molar-refractivity contribution >= 4 is 23.4 Å². The van der Waals surface area contributed by atoms with Gasteiger partial charge in [-0.15, -0.1) is 0 Å². The molecule has 1 aromatic carbocycles. The van der Waals surface area contributed by atoms with E-state index in [1.165, 1.54) is 19.3 Å². The molecule has 134 valence electrons. The molecule has 3 rings (SSSR count). The van der Waals surface area contributed by atoms with Crippen molar-refractivity contribution in [2.45, 2.75) is 63.5 Å². The number of anilines is 1. The Morgan fingerprint density at radius 2 is 1.72 bits per heavy atom. The predicted octanol–water partition coefficient (Wildman–Crippen LogP) is 2.36. The highest BCUT2D eigenvalue weighted by molar-refractivity contribution is 6.10. The van der Waals surface area contributed by atoms with Crippen LogP contribution in [-0.4, -0.2) is 29.8 Å². The van der Waals surface area contributed by atoms with Crippen molar-refractivity contribution in [2.75, 3.05) is 5.32 Å². The molecular weight excluding hydrogens is 318 g/mol. The lowest BCUT2D eigenvalue weighted by Gasteiger charge is -2.22. The first-order chi connectivity index (χ1) is 12.1. The third kappa shape index (κ3) is 4.59. The number of benzene rings is 1. The monoisotopic (exact) mass is 343 g/mol. The molecule has 1 saturated carbocycles. The third-order valence-corrected chi connectivity index (χ3v) is 4.91. The van der Waals surface area contributed by atoms with Crippen LogP contribution in [0.2, 0.25) is 0 Å². The van der Waals surface area contributed by atoms with Gasteiger partial charge in [-0.3, -0.25) is 14.4 Å². The van der Waals surface area contributed by atoms with Gasteiger partial charge in [-0.1, -0.05) is 44.2 Å². The topological polar surface area (TPSA) is 87.3 Å². The van der Waals surface area contributed by atoms with E-state index in [1.807, 2.05) is 0 Å². The van der Waals surface area contributed by atoms with Gasteiger partial charge in [0, 0.05) is 6.04 Å². The number of carbonyl (C=O) groups is 3. The van der Waals surface area contributed by atoms with E-state index >= 15 is 0 Å². The maximum absolute atomic E-state index is 12.4. The summed E-state index contributed by atoms with van der Waals surface area (Å²) in [5.41, 5.74) is 0.895. The number of rotatable bonds is 3. The van der Waals surface area contributed by atoms with Gasteiger partial charge in [-0.2, -0.15) is 0 Å². The molecule has 3 N–H and O–H groups in total. The van der Waals surface area contributed by atoms with E-state index in [2.05, 4.69) is 16.0 Å². The van der Waals surface area contributed by atoms with Gasteiger partial charge in [0.2, 0.25) is 11.8 Å². The third-order valence-electron chi connectivity index (χ3n) is 4.91. The van der Waals surface area contributed by atoms with Crippen molar-refractivity contribution in [3.05, 3.63) is 29.8 Å². The molecule has 1 atom stereocenters. The summed E-state index contributed by atoms with van der Waals surface area (Å²) in [4.78, 5) is 37.0. The number of fused-ring (bicyclic) bond motifs is 1. The van der Waals surface area contributed by atoms with E-state index in [0.29, 0.717) is 11.3 Å². The number of hydrogen-bond acceptors (Lipinski definition) is 3. The number of carbonyl (C=O) groups excluding carboxylic acids is 3. The molecule has 6 nitrogen and oxygen atoms in total. The van der Waals surface area contributed by atoms with Crippen LogP contribution in [0.5, 0.6) is 0 Å². The molecule has 6 heteroatoms. The smallest absolute Gasteiger partial charge is 0.254 e. The zero-order chi connectivity index (χ0) is 17.6. The minimum Gasteiger partial charge on any atom is -0.353 e. The summed E-state index contributed by atoms with van der Waals surface area (Å²) in [7, 11) is 0. The van der Waals surface area contributed by atoms with Crippen LogP contribution in [0.3, 0.4) is 0 Å². The van der Waals surface area contributed by atoms with Crippen LogP contribution in [0, 0.1) is 0 Å². The summed E-state index contributed by atoms with van der Waals surface area (Å²) in [6, 6.07) is 6.16. The molecule has 0 radical (unpaired) electrons. The molecule has 1 fully saturated rings. The van der Waals surface area contributed by atoms with E-state index < -0.39 is 6.04 Å². The molecule has 0 aromatic heterocycles. The Morgan fingerprint density at radius 3 is 2.48 bits per heavy atom. The maximum atomic E-state index is 12.4. The second kappa shape index (κ2) is 8.14. The zero-order valence-corrected chi connectivity index (χ0v) is 14.3. The maximum Gasteiger partial charge on any atom is 0.254 e. The largest absolute Gasteiger partial charge is 0.353 e. The molecular formula is C19H25N3O3. The standard InChI is InChI=1S/C19H25N3O3/c23-17(20-13-8-4-2-1-3-5-9-13)12-16-19(25)21-15-11-7-6-10-14(15)18(24)22-16/h6-7,10-11,13,16H,1-5,8-9,12H2,(H,20,23)(H,21,25)(H,22,24)/t16-/m1/s1. The van der Waals surface area contributed by atoms with E-state index in [9.17, 15) is 14.4 Å². The molecule has 1 aromatic rings. The Balaban J connectivity index is 1.59. The van der Waals surface area contributed by atoms with E-state index in [4.69, 9.17) is 0 Å². The average Bonchev–Trinajstić information content (AvgIpc) is 2.67. The fourth-order valence-electron chi connectivity index (χ4n) is 3.53. The van der Waals surface area contributed by atoms with Gasteiger partial charge in [-0.05, 0) is 25.0 Å². The summed E-state index contributed by atoms with van der Waals surface area (Å²) >= 11 is 0. The van der Waals surface area contributed by atoms with Crippen molar-refractivity contribution in [2.24, 2.45) is 0 Å². The Hall–Kier alpha value is -2.37. The highest BCUT2D eigenvalue weighted by Crippen LogP contribution is 2.20. The van der Waals surface area contributed by atoms with Crippen LogP contribution in [-0.2, 0) is 9.59 Å². The first-order valence-corrected chi connectivity index (χ1v) is 9.13. The van der Waals surface area contributed by atoms with Gasteiger partial charge in [-0.25, -0.2) is 0 Å². The van der Waals surface area contributed by atoms with Gasteiger partial charge in [0.25, 0.3) is 5.91 Å². The number of amides is 3. The molecule has 0 bridgehead atoms. The number of para-hydroxylation sites is 1. The van der Waals surface area contributed by atoms with Crippen LogP contribution in [0.25, 0.3) is 0 Å². The van der Waals surface area contributed by atoms with E-state index in [1.54, 1.807) is 24.3 Å². The molecule has 1 aliphatic carbocycles. The van der Waals surface area contributed by atoms with Gasteiger partial charge < -0.3 is 16.0 Å². The lowest BCUT2D eigenvalue weighted by molar-refractivity contribution is -0.126. The zero-order valence-electron chi connectivity index (χ0n) is 14.3. The Bertz CT molecular complexity index is 651. The molecule has 1 aliphatic heterocycles. The van der Waals surface area contributed by atoms with Crippen molar-refractivity contribution < 1.29 is 14.4 Å². The van der Waals surface area contributed by atoms with Crippen molar-refractivity contribution in [3.8, 4) is 0 Å². The van der Waals surface area contributed by atoms with Crippen LogP contribution in [0.1, 0.15) is 61.7 Å². The van der Waals surface area contributed by atoms with Crippen LogP contribution < -0.4 is 16.0 Å². The second-order valence-corrected chi connectivity index (χ2v) is 6.87. The number of hydrogen-bond donors (Lipinski definition) is 3. The summed E-state index contributed by atoms with van der Waals surface area (Å²) in [6.45, 7) is 0. The molecule has 1 heterocycles. The van der Waals surface area contributed by atoms with Gasteiger partial charge in [0.1, 0.15) is 6.04 Å². The van der Waals surface area contributed by atoms with Crippen molar-refractivity contribution in [1.82, 2.24) is 10.6 Å². The van der Waals surface area contributed by atoms with E-state index in [-0.39, 0.29) is 30.2 Å². The SMILES string of the molecule is O=C(C[C@H]1NC(=O)c2ccccc2NC1=O)NC1CCCCCCC1. The average molecular weight is 343 g/mol. The van der Waals surface area contributed by atoms with Crippen molar-refractivity contribution in [3.63, 3.8) is 0 Å². The molecule has 0 spiro atoms. The molecule has 3 amide bonds. The Labute approximate surface area is 147 Å². The molecule has 0 unspecified atom stereocenters. The predicted molar refractivity (Wildman–Crippen MR) is 95.2 cm³/mol. The molecule has 0 saturated heterocycles. The Kier molecular flexibility index (Phi) is 5.68. The highest BCUT2D eigenvalue weighted by atomic mass is 16.2. The quantitative estimate of drug-likeness (QED) is 0.787. The van der Waals surface area contributed by atoms with E-state index in [0.717, 1.165) is 25.7 Å². The normalized spacial score (nSPS) is 21.8. The summed E-state index contributed by atoms with van der Waals surface area (Å²) < 4.78 is 0. The fourth-order valence-corrected chi connectivity index (χ4v) is 3.53. The van der Waals surface area contributed by atoms with Crippen molar-refractivity contribution in [1.29, 1.82) is 0 Å². The van der Waals surface area contributed by atoms with Gasteiger partial charge >= 0.3 is 0 Å². The molecule has 25 heavy (non-hydrogen) atoms. The fraction of sp³-hybridized carbons (Fsp3) is 0.526. The van der Waals surface area contributed by atoms with Gasteiger partial charge in [0.15, 0.2) is 0 Å². The lowest BCUT2D eigenvalue weighted by Crippen LogP contribution is -2.46. The summed E-state index contributed by atoms with van der Waals surface area (Å²) in [5.74, 6) is -0.874. The van der Waals surface area contributed by atoms with Crippen LogP contribution >= 0.6 is 0 Å². The first-order valence-electron chi connectivity index (χ1n) is 9.13. The van der Waals surface area contributed by atoms with Crippen LogP contribution in [0.4, 0.5) is 5.69 Å². The first kappa shape index (κ1) is 17.5. The van der Waals surface area contributed by atoms with Gasteiger partial charge in [0.05, 0.1) is 17.7 Å². The Morgan fingerprint density at radius 1 is 1.04 bits per heavy atom. The number of nitrogens with one attached hydrogen (secondary N) is 3. The molecule has 2 aliphatic rings. The minimum atomic E-state index is -0.853. The highest BCUT2D eigenvalue weighted by Gasteiger charge is 2.29. The summed E-state index contributed by atoms with van der Waals surface area (Å²) in [6.07, 6.45) is 7.89. The second-order valence-electron chi connectivity index (χ2n) is 6.87. The summed E-state index contributed by atoms with van der Waals surface area (Å²) in [5, 5.41) is 8.43. The minimum absolute atomic E-state index is 0.0396. The lowest BCUT2D eigenvalue weighted by atomic mass is 9.96. The van der Waals surface area contributed by atoms with Crippen LogP contribution in [0.15, 0.2) is 24.3 Å².